The Bertz CT molecular complexity index is 1610. The van der Waals surface area contributed by atoms with Gasteiger partial charge in [0.05, 0.1) is 5.56 Å². The van der Waals surface area contributed by atoms with Gasteiger partial charge in [-0.3, -0.25) is 4.79 Å². The van der Waals surface area contributed by atoms with E-state index in [4.69, 9.17) is 16.7 Å². The molecule has 1 aromatic heterocycles. The predicted octanol–water partition coefficient (Wildman–Crippen LogP) is 6.85. The molecule has 0 saturated heterocycles. The average molecular weight is 513 g/mol. The van der Waals surface area contributed by atoms with E-state index in [0.717, 1.165) is 38.7 Å². The van der Waals surface area contributed by atoms with Gasteiger partial charge in [-0.15, -0.1) is 0 Å². The Kier molecular flexibility index (Phi) is 6.75. The summed E-state index contributed by atoms with van der Waals surface area (Å²) in [5.41, 5.74) is 5.75. The molecule has 184 valence electrons. The fourth-order valence-electron chi connectivity index (χ4n) is 4.38. The third kappa shape index (κ3) is 5.39. The lowest BCUT2D eigenvalue weighted by Crippen LogP contribution is -2.23. The molecule has 4 aromatic carbocycles. The van der Waals surface area contributed by atoms with Gasteiger partial charge < -0.3 is 15.4 Å². The van der Waals surface area contributed by atoms with E-state index in [0.29, 0.717) is 17.0 Å². The van der Waals surface area contributed by atoms with Crippen molar-refractivity contribution in [2.75, 3.05) is 0 Å². The van der Waals surface area contributed by atoms with Crippen LogP contribution in [0.25, 0.3) is 22.0 Å². The van der Waals surface area contributed by atoms with E-state index in [1.54, 1.807) is 24.3 Å². The number of aromatic carboxylic acids is 1. The summed E-state index contributed by atoms with van der Waals surface area (Å²) in [4.78, 5) is 27.9. The molecular formula is C30H22ClFN2O3. The first-order valence-corrected chi connectivity index (χ1v) is 12.0. The Morgan fingerprint density at radius 2 is 1.65 bits per heavy atom. The summed E-state index contributed by atoms with van der Waals surface area (Å²) in [6, 6.07) is 23.8. The highest BCUT2D eigenvalue weighted by molar-refractivity contribution is 6.30. The van der Waals surface area contributed by atoms with Gasteiger partial charge in [-0.25, -0.2) is 9.18 Å². The summed E-state index contributed by atoms with van der Waals surface area (Å²) in [5, 5.41) is 13.5. The zero-order valence-electron chi connectivity index (χ0n) is 19.6. The number of aromatic amines is 1. The van der Waals surface area contributed by atoms with Gasteiger partial charge in [-0.2, -0.15) is 0 Å². The zero-order chi connectivity index (χ0) is 25.9. The topological polar surface area (TPSA) is 82.2 Å². The first-order chi connectivity index (χ1) is 17.9. The third-order valence-electron chi connectivity index (χ3n) is 6.22. The van der Waals surface area contributed by atoms with Gasteiger partial charge in [0.1, 0.15) is 5.82 Å². The summed E-state index contributed by atoms with van der Waals surface area (Å²) in [7, 11) is 0. The second-order valence-electron chi connectivity index (χ2n) is 8.76. The molecule has 0 radical (unpaired) electrons. The Hall–Kier alpha value is -4.42. The van der Waals surface area contributed by atoms with Crippen molar-refractivity contribution in [1.29, 1.82) is 0 Å². The number of halogens is 2. The van der Waals surface area contributed by atoms with Crippen molar-refractivity contribution < 1.29 is 19.1 Å². The molecule has 0 fully saturated rings. The van der Waals surface area contributed by atoms with Crippen molar-refractivity contribution in [3.8, 4) is 11.1 Å². The number of carbonyl (C=O) groups excluding carboxylic acids is 1. The first kappa shape index (κ1) is 24.3. The highest BCUT2D eigenvalue weighted by Crippen LogP contribution is 2.31. The summed E-state index contributed by atoms with van der Waals surface area (Å²) in [6.07, 6.45) is 2.47. The van der Waals surface area contributed by atoms with E-state index >= 15 is 0 Å². The van der Waals surface area contributed by atoms with E-state index in [1.807, 2.05) is 42.6 Å². The fourth-order valence-corrected chi connectivity index (χ4v) is 4.59. The van der Waals surface area contributed by atoms with E-state index in [1.165, 1.54) is 24.3 Å². The molecular weight excluding hydrogens is 491 g/mol. The Labute approximate surface area is 217 Å². The number of H-pyrrole nitrogens is 1. The van der Waals surface area contributed by atoms with Crippen molar-refractivity contribution in [3.05, 3.63) is 130 Å². The molecule has 0 unspecified atom stereocenters. The van der Waals surface area contributed by atoms with Crippen LogP contribution >= 0.6 is 11.6 Å². The molecule has 7 heteroatoms. The molecule has 37 heavy (non-hydrogen) atoms. The van der Waals surface area contributed by atoms with Crippen molar-refractivity contribution >= 4 is 34.4 Å². The van der Waals surface area contributed by atoms with Gasteiger partial charge in [0.25, 0.3) is 5.91 Å². The van der Waals surface area contributed by atoms with Gasteiger partial charge in [0.2, 0.25) is 0 Å². The van der Waals surface area contributed by atoms with Crippen LogP contribution in [-0.2, 0) is 13.0 Å². The Balaban J connectivity index is 1.52. The van der Waals surface area contributed by atoms with Crippen LogP contribution in [0, 0.1) is 5.82 Å². The van der Waals surface area contributed by atoms with Gasteiger partial charge >= 0.3 is 5.97 Å². The number of carboxylic acids is 1. The van der Waals surface area contributed by atoms with E-state index < -0.39 is 5.97 Å². The number of hydrogen-bond donors (Lipinski definition) is 3. The van der Waals surface area contributed by atoms with Crippen LogP contribution in [0.4, 0.5) is 4.39 Å². The van der Waals surface area contributed by atoms with Crippen LogP contribution in [0.2, 0.25) is 5.02 Å². The molecule has 0 spiro atoms. The van der Waals surface area contributed by atoms with Crippen molar-refractivity contribution in [1.82, 2.24) is 10.3 Å². The van der Waals surface area contributed by atoms with Crippen LogP contribution in [0.1, 0.15) is 37.4 Å². The first-order valence-electron chi connectivity index (χ1n) is 11.6. The second-order valence-corrected chi connectivity index (χ2v) is 9.20. The molecule has 0 aliphatic heterocycles. The fraction of sp³-hybridized carbons (Fsp3) is 0.0667. The minimum absolute atomic E-state index is 0.182. The van der Waals surface area contributed by atoms with Crippen LogP contribution < -0.4 is 5.32 Å². The van der Waals surface area contributed by atoms with Gasteiger partial charge in [-0.1, -0.05) is 48.0 Å². The molecule has 0 aliphatic carbocycles. The number of carbonyl (C=O) groups is 2. The summed E-state index contributed by atoms with van der Waals surface area (Å²) in [6.45, 7) is 0.231. The molecule has 1 heterocycles. The Morgan fingerprint density at radius 1 is 0.892 bits per heavy atom. The monoisotopic (exact) mass is 512 g/mol. The van der Waals surface area contributed by atoms with E-state index in [-0.39, 0.29) is 23.8 Å². The smallest absolute Gasteiger partial charge is 0.335 e. The minimum atomic E-state index is -1.00. The number of fused-ring (bicyclic) bond motifs is 1. The zero-order valence-corrected chi connectivity index (χ0v) is 20.4. The average Bonchev–Trinajstić information content (AvgIpc) is 3.30. The number of benzene rings is 4. The van der Waals surface area contributed by atoms with Crippen molar-refractivity contribution in [2.45, 2.75) is 13.0 Å². The second kappa shape index (κ2) is 10.3. The molecule has 0 saturated carbocycles. The maximum Gasteiger partial charge on any atom is 0.335 e. The molecule has 0 aliphatic rings. The lowest BCUT2D eigenvalue weighted by atomic mass is 9.95. The predicted molar refractivity (Wildman–Crippen MR) is 143 cm³/mol. The van der Waals surface area contributed by atoms with E-state index in [2.05, 4.69) is 10.3 Å². The summed E-state index contributed by atoms with van der Waals surface area (Å²) < 4.78 is 13.5. The molecule has 5 rings (SSSR count). The van der Waals surface area contributed by atoms with Crippen LogP contribution in [0.5, 0.6) is 0 Å². The van der Waals surface area contributed by atoms with Crippen molar-refractivity contribution in [3.63, 3.8) is 0 Å². The Morgan fingerprint density at radius 3 is 2.35 bits per heavy atom. The minimum Gasteiger partial charge on any atom is -0.478 e. The largest absolute Gasteiger partial charge is 0.478 e. The number of hydrogen-bond acceptors (Lipinski definition) is 2. The number of amides is 1. The van der Waals surface area contributed by atoms with Crippen LogP contribution in [-0.4, -0.2) is 22.0 Å². The quantitative estimate of drug-likeness (QED) is 0.223. The third-order valence-corrected chi connectivity index (χ3v) is 6.46. The SMILES string of the molecule is O=C(O)c1ccc(CNC(=O)c2cc(-c3ccc(F)cc3)cc3[nH]cc(Cc4cccc(Cl)c4)c23)cc1. The van der Waals surface area contributed by atoms with Crippen LogP contribution in [0.15, 0.2) is 91.1 Å². The lowest BCUT2D eigenvalue weighted by molar-refractivity contribution is 0.0696. The molecule has 5 nitrogen and oxygen atoms in total. The number of rotatable bonds is 7. The molecule has 5 aromatic rings. The molecule has 3 N–H and O–H groups in total. The van der Waals surface area contributed by atoms with Crippen LogP contribution in [0.3, 0.4) is 0 Å². The van der Waals surface area contributed by atoms with Crippen molar-refractivity contribution in [2.24, 2.45) is 0 Å². The number of carboxylic acid groups (broad SMARTS) is 1. The maximum atomic E-state index is 13.5. The highest BCUT2D eigenvalue weighted by Gasteiger charge is 2.18. The lowest BCUT2D eigenvalue weighted by Gasteiger charge is -2.12. The molecule has 0 bridgehead atoms. The highest BCUT2D eigenvalue weighted by atomic mass is 35.5. The van der Waals surface area contributed by atoms with Gasteiger partial charge in [-0.05, 0) is 82.8 Å². The normalized spacial score (nSPS) is 11.0. The number of aromatic nitrogens is 1. The van der Waals surface area contributed by atoms with E-state index in [9.17, 15) is 14.0 Å². The molecule has 0 atom stereocenters. The number of nitrogens with one attached hydrogen (secondary N) is 2. The summed E-state index contributed by atoms with van der Waals surface area (Å²) in [5.74, 6) is -1.61. The maximum absolute atomic E-state index is 13.5. The summed E-state index contributed by atoms with van der Waals surface area (Å²) >= 11 is 6.18. The standard InChI is InChI=1S/C30H22ClFN2O3/c31-24-3-1-2-19(13-24)12-23-17-33-27-15-22(20-8-10-25(32)11-9-20)14-26(28(23)27)29(35)34-16-18-4-6-21(7-5-18)30(36)37/h1-11,13-15,17,33H,12,16H2,(H,34,35)(H,36,37). The van der Waals surface area contributed by atoms with Gasteiger partial charge in [0, 0.05) is 34.2 Å². The van der Waals surface area contributed by atoms with Gasteiger partial charge in [0.15, 0.2) is 0 Å². The molecule has 1 amide bonds.